The van der Waals surface area contributed by atoms with Gasteiger partial charge in [-0.3, -0.25) is 0 Å². The molecule has 0 saturated heterocycles. The minimum Gasteiger partial charge on any atom is -0.478 e. The van der Waals surface area contributed by atoms with Gasteiger partial charge in [0, 0.05) is 11.5 Å². The third-order valence-electron chi connectivity index (χ3n) is 3.07. The maximum atomic E-state index is 11.0. The van der Waals surface area contributed by atoms with Gasteiger partial charge in [-0.1, -0.05) is 66.7 Å². The molecule has 2 aromatic rings. The van der Waals surface area contributed by atoms with Crippen molar-refractivity contribution in [2.24, 2.45) is 0 Å². The van der Waals surface area contributed by atoms with Gasteiger partial charge in [-0.05, 0) is 18.1 Å². The highest BCUT2D eigenvalue weighted by molar-refractivity contribution is 5.86. The molecule has 0 bridgehead atoms. The van der Waals surface area contributed by atoms with Gasteiger partial charge in [0.05, 0.1) is 0 Å². The summed E-state index contributed by atoms with van der Waals surface area (Å²) in [5.41, 5.74) is 2.54. The number of benzene rings is 2. The first-order chi connectivity index (χ1) is 9.18. The maximum absolute atomic E-state index is 11.0. The number of allylic oxidation sites excluding steroid dienone is 1. The number of aliphatic carboxylic acids is 1. The molecule has 0 fully saturated rings. The largest absolute Gasteiger partial charge is 0.478 e. The van der Waals surface area contributed by atoms with E-state index >= 15 is 0 Å². The van der Waals surface area contributed by atoms with Crippen LogP contribution in [0.25, 0.3) is 0 Å². The molecule has 0 atom stereocenters. The van der Waals surface area contributed by atoms with Crippen LogP contribution in [0.4, 0.5) is 0 Å². The first kappa shape index (κ1) is 13.1. The molecule has 0 spiro atoms. The molecule has 0 aliphatic rings. The highest BCUT2D eigenvalue weighted by Gasteiger charge is 2.13. The SMILES string of the molecule is C/C(=C\C(c1ccccc1)c1ccccc1)C(=O)O. The molecular weight excluding hydrogens is 236 g/mol. The molecule has 0 heterocycles. The van der Waals surface area contributed by atoms with Gasteiger partial charge in [-0.2, -0.15) is 0 Å². The zero-order valence-electron chi connectivity index (χ0n) is 10.8. The fourth-order valence-corrected chi connectivity index (χ4v) is 2.03. The molecule has 19 heavy (non-hydrogen) atoms. The summed E-state index contributed by atoms with van der Waals surface area (Å²) in [5, 5.41) is 9.06. The molecule has 0 aliphatic carbocycles. The van der Waals surface area contributed by atoms with Crippen LogP contribution in [0.3, 0.4) is 0 Å². The van der Waals surface area contributed by atoms with E-state index in [-0.39, 0.29) is 5.92 Å². The van der Waals surface area contributed by atoms with Crippen LogP contribution in [0.5, 0.6) is 0 Å². The number of carboxylic acid groups (broad SMARTS) is 1. The minimum atomic E-state index is -0.878. The van der Waals surface area contributed by atoms with Crippen LogP contribution in [0.2, 0.25) is 0 Å². The molecule has 2 nitrogen and oxygen atoms in total. The van der Waals surface area contributed by atoms with E-state index in [4.69, 9.17) is 5.11 Å². The molecule has 0 radical (unpaired) electrons. The van der Waals surface area contributed by atoms with Crippen molar-refractivity contribution < 1.29 is 9.90 Å². The summed E-state index contributed by atoms with van der Waals surface area (Å²) in [7, 11) is 0. The number of rotatable bonds is 4. The van der Waals surface area contributed by atoms with Crippen LogP contribution in [0, 0.1) is 0 Å². The Morgan fingerprint density at radius 2 is 1.37 bits per heavy atom. The average molecular weight is 252 g/mol. The van der Waals surface area contributed by atoms with Gasteiger partial charge in [-0.25, -0.2) is 4.79 Å². The van der Waals surface area contributed by atoms with Crippen molar-refractivity contribution in [2.45, 2.75) is 12.8 Å². The van der Waals surface area contributed by atoms with Crippen LogP contribution >= 0.6 is 0 Å². The fourth-order valence-electron chi connectivity index (χ4n) is 2.03. The lowest BCUT2D eigenvalue weighted by atomic mass is 9.90. The van der Waals surface area contributed by atoms with E-state index in [0.29, 0.717) is 5.57 Å². The molecule has 1 N–H and O–H groups in total. The Morgan fingerprint density at radius 3 is 1.74 bits per heavy atom. The van der Waals surface area contributed by atoms with E-state index in [1.807, 2.05) is 60.7 Å². The van der Waals surface area contributed by atoms with E-state index in [1.165, 1.54) is 0 Å². The normalized spacial score (nSPS) is 11.6. The Balaban J connectivity index is 2.46. The number of hydrogen-bond acceptors (Lipinski definition) is 1. The number of carboxylic acids is 1. The van der Waals surface area contributed by atoms with Crippen LogP contribution in [-0.2, 0) is 4.79 Å². The van der Waals surface area contributed by atoms with E-state index in [2.05, 4.69) is 0 Å². The smallest absolute Gasteiger partial charge is 0.330 e. The monoisotopic (exact) mass is 252 g/mol. The van der Waals surface area contributed by atoms with Crippen LogP contribution in [0.15, 0.2) is 72.3 Å². The van der Waals surface area contributed by atoms with E-state index in [0.717, 1.165) is 11.1 Å². The first-order valence-corrected chi connectivity index (χ1v) is 6.20. The van der Waals surface area contributed by atoms with Crippen molar-refractivity contribution in [1.82, 2.24) is 0 Å². The molecule has 2 heteroatoms. The van der Waals surface area contributed by atoms with Gasteiger partial charge < -0.3 is 5.11 Å². The molecule has 0 amide bonds. The third-order valence-corrected chi connectivity index (χ3v) is 3.07. The van der Waals surface area contributed by atoms with Crippen molar-refractivity contribution in [3.63, 3.8) is 0 Å². The molecular formula is C17H16O2. The second kappa shape index (κ2) is 6.01. The molecule has 0 aromatic heterocycles. The van der Waals surface area contributed by atoms with Crippen molar-refractivity contribution in [3.8, 4) is 0 Å². The topological polar surface area (TPSA) is 37.3 Å². The first-order valence-electron chi connectivity index (χ1n) is 6.20. The van der Waals surface area contributed by atoms with Gasteiger partial charge in [0.2, 0.25) is 0 Å². The summed E-state index contributed by atoms with van der Waals surface area (Å²) >= 11 is 0. The lowest BCUT2D eigenvalue weighted by molar-refractivity contribution is -0.132. The highest BCUT2D eigenvalue weighted by atomic mass is 16.4. The molecule has 0 unspecified atom stereocenters. The van der Waals surface area contributed by atoms with Gasteiger partial charge in [0.1, 0.15) is 0 Å². The summed E-state index contributed by atoms with van der Waals surface area (Å²) in [6, 6.07) is 19.9. The zero-order chi connectivity index (χ0) is 13.7. The van der Waals surface area contributed by atoms with Crippen molar-refractivity contribution >= 4 is 5.97 Å². The second-order valence-electron chi connectivity index (χ2n) is 4.45. The Morgan fingerprint density at radius 1 is 0.947 bits per heavy atom. The standard InChI is InChI=1S/C17H16O2/c1-13(17(18)19)12-16(14-8-4-2-5-9-14)15-10-6-3-7-11-15/h2-12,16H,1H3,(H,18,19)/b13-12+. The lowest BCUT2D eigenvalue weighted by Gasteiger charge is -2.14. The minimum absolute atomic E-state index is 0.0292. The predicted octanol–water partition coefficient (Wildman–Crippen LogP) is 3.85. The van der Waals surface area contributed by atoms with Crippen LogP contribution < -0.4 is 0 Å². The van der Waals surface area contributed by atoms with Crippen molar-refractivity contribution in [2.75, 3.05) is 0 Å². The predicted molar refractivity (Wildman–Crippen MR) is 76.1 cm³/mol. The quantitative estimate of drug-likeness (QED) is 0.839. The molecule has 0 aliphatic heterocycles. The van der Waals surface area contributed by atoms with Gasteiger partial charge in [-0.15, -0.1) is 0 Å². The van der Waals surface area contributed by atoms with E-state index in [9.17, 15) is 4.79 Å². The van der Waals surface area contributed by atoms with Gasteiger partial charge >= 0.3 is 5.97 Å². The summed E-state index contributed by atoms with van der Waals surface area (Å²) in [5.74, 6) is -0.907. The van der Waals surface area contributed by atoms with Gasteiger partial charge in [0.15, 0.2) is 0 Å². The van der Waals surface area contributed by atoms with E-state index < -0.39 is 5.97 Å². The summed E-state index contributed by atoms with van der Waals surface area (Å²) in [4.78, 5) is 11.0. The zero-order valence-corrected chi connectivity index (χ0v) is 10.8. The Bertz CT molecular complexity index is 531. The van der Waals surface area contributed by atoms with Crippen molar-refractivity contribution in [1.29, 1.82) is 0 Å². The number of carbonyl (C=O) groups is 1. The third kappa shape index (κ3) is 3.32. The van der Waals surface area contributed by atoms with E-state index in [1.54, 1.807) is 13.0 Å². The number of hydrogen-bond donors (Lipinski definition) is 1. The molecule has 2 aromatic carbocycles. The summed E-state index contributed by atoms with van der Waals surface area (Å²) in [6.07, 6.45) is 1.80. The van der Waals surface area contributed by atoms with Crippen molar-refractivity contribution in [3.05, 3.63) is 83.4 Å². The maximum Gasteiger partial charge on any atom is 0.330 e. The molecule has 0 saturated carbocycles. The Labute approximate surface area is 113 Å². The average Bonchev–Trinajstić information content (AvgIpc) is 2.46. The Hall–Kier alpha value is -2.35. The van der Waals surface area contributed by atoms with Gasteiger partial charge in [0.25, 0.3) is 0 Å². The highest BCUT2D eigenvalue weighted by Crippen LogP contribution is 2.26. The van der Waals surface area contributed by atoms with Crippen LogP contribution in [-0.4, -0.2) is 11.1 Å². The van der Waals surface area contributed by atoms with Crippen LogP contribution in [0.1, 0.15) is 24.0 Å². The second-order valence-corrected chi connectivity index (χ2v) is 4.45. The Kier molecular flexibility index (Phi) is 4.14. The summed E-state index contributed by atoms with van der Waals surface area (Å²) < 4.78 is 0. The summed E-state index contributed by atoms with van der Waals surface area (Å²) in [6.45, 7) is 1.63. The fraction of sp³-hybridized carbons (Fsp3) is 0.118. The lowest BCUT2D eigenvalue weighted by Crippen LogP contribution is -2.03. The molecule has 96 valence electrons. The molecule has 2 rings (SSSR count).